The van der Waals surface area contributed by atoms with Gasteiger partial charge < -0.3 is 5.32 Å². The van der Waals surface area contributed by atoms with Crippen molar-refractivity contribution in [1.29, 1.82) is 0 Å². The van der Waals surface area contributed by atoms with Gasteiger partial charge in [0.25, 0.3) is 0 Å². The minimum Gasteiger partial charge on any atom is -0.316 e. The number of hydrogen-bond acceptors (Lipinski definition) is 1. The van der Waals surface area contributed by atoms with E-state index in [1.54, 1.807) is 0 Å². The summed E-state index contributed by atoms with van der Waals surface area (Å²) in [5, 5.41) is 2.80. The molecule has 0 aromatic heterocycles. The van der Waals surface area contributed by atoms with Gasteiger partial charge in [-0.3, -0.25) is 0 Å². The van der Waals surface area contributed by atoms with Crippen molar-refractivity contribution >= 4 is 22.6 Å². The fraction of sp³-hybridized carbons (Fsp3) is 1.00. The molecular weight excluding hydrogens is 306 g/mol. The van der Waals surface area contributed by atoms with Crippen LogP contribution >= 0.6 is 22.6 Å². The first-order valence-electron chi connectivity index (χ1n) is 4.89. The zero-order valence-corrected chi connectivity index (χ0v) is 10.3. The second-order valence-corrected chi connectivity index (χ2v) is 4.30. The lowest BCUT2D eigenvalue weighted by Gasteiger charge is -2.07. The Labute approximate surface area is 97.0 Å². The molecule has 0 fully saturated rings. The Hall–Kier alpha value is 0.480. The number of rotatable bonds is 8. The maximum absolute atomic E-state index is 11.7. The first kappa shape index (κ1) is 14.5. The summed E-state index contributed by atoms with van der Waals surface area (Å²) >= 11 is 2.33. The van der Waals surface area contributed by atoms with Crippen molar-refractivity contribution in [2.45, 2.75) is 38.3 Å². The van der Waals surface area contributed by atoms with Crippen molar-refractivity contribution in [3.63, 3.8) is 0 Å². The lowest BCUT2D eigenvalue weighted by molar-refractivity contribution is -0.133. The van der Waals surface area contributed by atoms with Gasteiger partial charge >= 0.3 is 6.18 Å². The molecule has 0 aliphatic heterocycles. The quantitative estimate of drug-likeness (QED) is 0.409. The van der Waals surface area contributed by atoms with Gasteiger partial charge in [0.15, 0.2) is 0 Å². The molecule has 0 heterocycles. The van der Waals surface area contributed by atoms with Crippen LogP contribution in [0.2, 0.25) is 0 Å². The Bertz CT molecular complexity index is 128. The van der Waals surface area contributed by atoms with Crippen molar-refractivity contribution in [2.75, 3.05) is 17.5 Å². The third-order valence-electron chi connectivity index (χ3n) is 1.82. The molecule has 86 valence electrons. The maximum atomic E-state index is 11.7. The van der Waals surface area contributed by atoms with Crippen molar-refractivity contribution in [3.05, 3.63) is 0 Å². The molecule has 0 amide bonds. The molecule has 0 rings (SSSR count). The van der Waals surface area contributed by atoms with Gasteiger partial charge in [-0.05, 0) is 23.8 Å². The number of alkyl halides is 4. The lowest BCUT2D eigenvalue weighted by Crippen LogP contribution is -2.22. The first-order valence-corrected chi connectivity index (χ1v) is 6.42. The predicted molar refractivity (Wildman–Crippen MR) is 60.9 cm³/mol. The highest BCUT2D eigenvalue weighted by molar-refractivity contribution is 14.1. The van der Waals surface area contributed by atoms with Gasteiger partial charge in [0.05, 0.1) is 6.42 Å². The molecule has 0 aliphatic rings. The van der Waals surface area contributed by atoms with Gasteiger partial charge in [-0.15, -0.1) is 0 Å². The van der Waals surface area contributed by atoms with E-state index in [4.69, 9.17) is 0 Å². The molecule has 0 bridgehead atoms. The van der Waals surface area contributed by atoms with Crippen LogP contribution in [0.15, 0.2) is 0 Å². The van der Waals surface area contributed by atoms with E-state index < -0.39 is 12.6 Å². The summed E-state index contributed by atoms with van der Waals surface area (Å²) in [5.74, 6) is 0. The number of hydrogen-bond donors (Lipinski definition) is 1. The predicted octanol–water partition coefficient (Wildman–Crippen LogP) is 3.52. The number of halogens is 4. The minimum atomic E-state index is -4.02. The highest BCUT2D eigenvalue weighted by Gasteiger charge is 2.25. The van der Waals surface area contributed by atoms with E-state index in [-0.39, 0.29) is 6.54 Å². The standard InChI is InChI=1S/C9H17F3IN/c10-9(11,12)5-8-14-7-4-2-1-3-6-13/h14H,1-8H2. The van der Waals surface area contributed by atoms with Gasteiger partial charge in [0, 0.05) is 6.54 Å². The Balaban J connectivity index is 2.99. The van der Waals surface area contributed by atoms with Crippen LogP contribution < -0.4 is 5.32 Å². The fourth-order valence-corrected chi connectivity index (χ4v) is 1.59. The monoisotopic (exact) mass is 323 g/mol. The van der Waals surface area contributed by atoms with Crippen LogP contribution in [-0.2, 0) is 0 Å². The highest BCUT2D eigenvalue weighted by Crippen LogP contribution is 2.18. The molecule has 0 aromatic carbocycles. The van der Waals surface area contributed by atoms with Crippen molar-refractivity contribution in [2.24, 2.45) is 0 Å². The molecule has 0 radical (unpaired) electrons. The molecule has 0 aromatic rings. The second-order valence-electron chi connectivity index (χ2n) is 3.22. The average Bonchev–Trinajstić information content (AvgIpc) is 2.08. The van der Waals surface area contributed by atoms with E-state index in [1.807, 2.05) is 0 Å². The van der Waals surface area contributed by atoms with Crippen molar-refractivity contribution in [3.8, 4) is 0 Å². The molecule has 0 saturated heterocycles. The number of unbranched alkanes of at least 4 members (excludes halogenated alkanes) is 3. The summed E-state index contributed by atoms with van der Waals surface area (Å²) in [5.41, 5.74) is 0. The SMILES string of the molecule is FC(F)(F)CCNCCCCCCI. The average molecular weight is 323 g/mol. The first-order chi connectivity index (χ1) is 6.56. The Morgan fingerprint density at radius 2 is 1.57 bits per heavy atom. The normalized spacial score (nSPS) is 12.0. The fourth-order valence-electron chi connectivity index (χ4n) is 1.05. The molecule has 14 heavy (non-hydrogen) atoms. The lowest BCUT2D eigenvalue weighted by atomic mass is 10.2. The molecule has 1 N–H and O–H groups in total. The summed E-state index contributed by atoms with van der Waals surface area (Å²) < 4.78 is 36.2. The third kappa shape index (κ3) is 12.5. The summed E-state index contributed by atoms with van der Waals surface area (Å²) in [7, 11) is 0. The Morgan fingerprint density at radius 1 is 0.929 bits per heavy atom. The highest BCUT2D eigenvalue weighted by atomic mass is 127. The molecule has 0 aliphatic carbocycles. The molecule has 0 spiro atoms. The van der Waals surface area contributed by atoms with Crippen LogP contribution in [0.5, 0.6) is 0 Å². The van der Waals surface area contributed by atoms with Crippen LogP contribution in [-0.4, -0.2) is 23.7 Å². The zero-order chi connectivity index (χ0) is 10.9. The zero-order valence-electron chi connectivity index (χ0n) is 8.17. The summed E-state index contributed by atoms with van der Waals surface area (Å²) in [4.78, 5) is 0. The van der Waals surface area contributed by atoms with Gasteiger partial charge in [-0.1, -0.05) is 35.4 Å². The molecule has 1 nitrogen and oxygen atoms in total. The molecule has 5 heteroatoms. The van der Waals surface area contributed by atoms with E-state index in [2.05, 4.69) is 27.9 Å². The maximum Gasteiger partial charge on any atom is 0.390 e. The van der Waals surface area contributed by atoms with E-state index in [9.17, 15) is 13.2 Å². The minimum absolute atomic E-state index is 0.0514. The van der Waals surface area contributed by atoms with Crippen LogP contribution in [0, 0.1) is 0 Å². The molecule has 0 saturated carbocycles. The Kier molecular flexibility index (Phi) is 9.06. The third-order valence-corrected chi connectivity index (χ3v) is 2.59. The van der Waals surface area contributed by atoms with Crippen LogP contribution in [0.1, 0.15) is 32.1 Å². The number of nitrogens with one attached hydrogen (secondary N) is 1. The van der Waals surface area contributed by atoms with Gasteiger partial charge in [0.1, 0.15) is 0 Å². The smallest absolute Gasteiger partial charge is 0.316 e. The van der Waals surface area contributed by atoms with Crippen LogP contribution in [0.4, 0.5) is 13.2 Å². The second kappa shape index (κ2) is 8.76. The van der Waals surface area contributed by atoms with E-state index in [0.717, 1.165) is 12.8 Å². The van der Waals surface area contributed by atoms with Crippen LogP contribution in [0.25, 0.3) is 0 Å². The van der Waals surface area contributed by atoms with Crippen LogP contribution in [0.3, 0.4) is 0 Å². The van der Waals surface area contributed by atoms with Crippen molar-refractivity contribution in [1.82, 2.24) is 5.32 Å². The van der Waals surface area contributed by atoms with E-state index in [1.165, 1.54) is 17.3 Å². The summed E-state index contributed by atoms with van der Waals surface area (Å²) in [6.45, 7) is 0.757. The molecular formula is C9H17F3IN. The van der Waals surface area contributed by atoms with E-state index in [0.29, 0.717) is 6.54 Å². The molecule has 0 atom stereocenters. The van der Waals surface area contributed by atoms with Gasteiger partial charge in [0.2, 0.25) is 0 Å². The van der Waals surface area contributed by atoms with Gasteiger partial charge in [-0.25, -0.2) is 0 Å². The van der Waals surface area contributed by atoms with E-state index >= 15 is 0 Å². The largest absolute Gasteiger partial charge is 0.390 e. The summed E-state index contributed by atoms with van der Waals surface area (Å²) in [6, 6.07) is 0. The Morgan fingerprint density at radius 3 is 2.14 bits per heavy atom. The van der Waals surface area contributed by atoms with Gasteiger partial charge in [-0.2, -0.15) is 13.2 Å². The molecule has 0 unspecified atom stereocenters. The topological polar surface area (TPSA) is 12.0 Å². The summed E-state index contributed by atoms with van der Waals surface area (Å²) in [6.07, 6.45) is -0.252. The van der Waals surface area contributed by atoms with Crippen molar-refractivity contribution < 1.29 is 13.2 Å².